The zero-order valence-electron chi connectivity index (χ0n) is 19.3. The van der Waals surface area contributed by atoms with Gasteiger partial charge in [0.25, 0.3) is 0 Å². The van der Waals surface area contributed by atoms with E-state index < -0.39 is 0 Å². The number of nitrogens with zero attached hydrogens (tertiary/aromatic N) is 3. The summed E-state index contributed by atoms with van der Waals surface area (Å²) < 4.78 is 8.50. The molecule has 1 aromatic carbocycles. The highest BCUT2D eigenvalue weighted by Gasteiger charge is 2.27. The van der Waals surface area contributed by atoms with Gasteiger partial charge in [-0.1, -0.05) is 32.4 Å². The highest BCUT2D eigenvalue weighted by Crippen LogP contribution is 2.34. The van der Waals surface area contributed by atoms with Crippen LogP contribution >= 0.6 is 0 Å². The van der Waals surface area contributed by atoms with Gasteiger partial charge < -0.3 is 14.2 Å². The Hall–Kier alpha value is -2.66. The third-order valence-electron chi connectivity index (χ3n) is 6.66. The summed E-state index contributed by atoms with van der Waals surface area (Å²) in [6, 6.07) is 10.6. The average Bonchev–Trinajstić information content (AvgIpc) is 3.05. The minimum absolute atomic E-state index is 0.141. The maximum Gasteiger partial charge on any atom is 0.309 e. The number of ether oxygens (including phenoxy) is 1. The molecule has 0 bridgehead atoms. The van der Waals surface area contributed by atoms with Crippen molar-refractivity contribution < 1.29 is 9.53 Å². The standard InChI is InChI=1S/C26H33N3O2/c1-17(2)19(4)26(30)31-25(20-8-11-27-12-9-20)16-29-23-7-6-18(3)14-21(23)22-15-28(5)13-10-24(22)29/h6-9,11-12,14,17,19,25H,10,13,15-16H2,1-5H3. The fourth-order valence-electron chi connectivity index (χ4n) is 4.38. The molecule has 3 heterocycles. The highest BCUT2D eigenvalue weighted by molar-refractivity contribution is 5.86. The largest absolute Gasteiger partial charge is 0.455 e. The van der Waals surface area contributed by atoms with Gasteiger partial charge in [0.05, 0.1) is 12.5 Å². The molecule has 4 rings (SSSR count). The second-order valence-electron chi connectivity index (χ2n) is 9.28. The van der Waals surface area contributed by atoms with Crippen LogP contribution in [0.1, 0.15) is 49.3 Å². The molecule has 0 N–H and O–H groups in total. The molecular weight excluding hydrogens is 386 g/mol. The van der Waals surface area contributed by atoms with Crippen LogP contribution in [0.3, 0.4) is 0 Å². The smallest absolute Gasteiger partial charge is 0.309 e. The van der Waals surface area contributed by atoms with E-state index in [1.807, 2.05) is 19.1 Å². The lowest BCUT2D eigenvalue weighted by atomic mass is 9.98. The zero-order valence-corrected chi connectivity index (χ0v) is 19.3. The number of rotatable bonds is 6. The molecule has 0 radical (unpaired) electrons. The minimum Gasteiger partial charge on any atom is -0.455 e. The van der Waals surface area contributed by atoms with E-state index in [1.165, 1.54) is 27.7 Å². The van der Waals surface area contributed by atoms with E-state index in [0.29, 0.717) is 6.54 Å². The molecule has 0 aliphatic carbocycles. The fraction of sp³-hybridized carbons (Fsp3) is 0.462. The van der Waals surface area contributed by atoms with Crippen molar-refractivity contribution in [3.8, 4) is 0 Å². The molecule has 0 saturated carbocycles. The summed E-state index contributed by atoms with van der Waals surface area (Å²) in [5.41, 5.74) is 6.24. The van der Waals surface area contributed by atoms with Crippen molar-refractivity contribution in [2.75, 3.05) is 13.6 Å². The Balaban J connectivity index is 1.76. The normalized spacial score (nSPS) is 16.3. The van der Waals surface area contributed by atoms with E-state index in [2.05, 4.69) is 60.5 Å². The second-order valence-corrected chi connectivity index (χ2v) is 9.28. The molecule has 0 saturated heterocycles. The van der Waals surface area contributed by atoms with Crippen LogP contribution < -0.4 is 0 Å². The van der Waals surface area contributed by atoms with Gasteiger partial charge in [0, 0.05) is 48.5 Å². The van der Waals surface area contributed by atoms with Crippen molar-refractivity contribution in [2.45, 2.75) is 53.3 Å². The van der Waals surface area contributed by atoms with Gasteiger partial charge in [-0.15, -0.1) is 0 Å². The summed E-state index contributed by atoms with van der Waals surface area (Å²) in [6.07, 6.45) is 4.18. The lowest BCUT2D eigenvalue weighted by molar-refractivity contribution is -0.156. The molecule has 2 atom stereocenters. The van der Waals surface area contributed by atoms with Crippen LogP contribution in [0.25, 0.3) is 10.9 Å². The molecule has 5 heteroatoms. The predicted molar refractivity (Wildman–Crippen MR) is 124 cm³/mol. The molecule has 1 aliphatic rings. The summed E-state index contributed by atoms with van der Waals surface area (Å²) in [7, 11) is 2.18. The number of hydrogen-bond acceptors (Lipinski definition) is 4. The van der Waals surface area contributed by atoms with Crippen molar-refractivity contribution in [2.24, 2.45) is 11.8 Å². The Morgan fingerprint density at radius 1 is 1.16 bits per heavy atom. The van der Waals surface area contributed by atoms with E-state index in [4.69, 9.17) is 4.74 Å². The van der Waals surface area contributed by atoms with E-state index in [1.54, 1.807) is 12.4 Å². The topological polar surface area (TPSA) is 47.4 Å². The Kier molecular flexibility index (Phi) is 6.15. The Morgan fingerprint density at radius 3 is 2.61 bits per heavy atom. The molecule has 1 aliphatic heterocycles. The lowest BCUT2D eigenvalue weighted by Crippen LogP contribution is -2.28. The maximum absolute atomic E-state index is 12.9. The molecule has 5 nitrogen and oxygen atoms in total. The summed E-state index contributed by atoms with van der Waals surface area (Å²) in [6.45, 7) is 10.8. The summed E-state index contributed by atoms with van der Waals surface area (Å²) in [5.74, 6) is -0.0436. The van der Waals surface area contributed by atoms with Gasteiger partial charge in [-0.2, -0.15) is 0 Å². The lowest BCUT2D eigenvalue weighted by Gasteiger charge is -2.27. The first-order chi connectivity index (χ1) is 14.8. The molecule has 0 fully saturated rings. The Labute approximate surface area is 185 Å². The zero-order chi connectivity index (χ0) is 22.1. The van der Waals surface area contributed by atoms with Crippen LogP contribution in [0.15, 0.2) is 42.7 Å². The Bertz CT molecular complexity index is 1070. The van der Waals surface area contributed by atoms with Crippen molar-refractivity contribution in [1.29, 1.82) is 0 Å². The van der Waals surface area contributed by atoms with E-state index in [0.717, 1.165) is 25.1 Å². The number of hydrogen-bond donors (Lipinski definition) is 0. The third-order valence-corrected chi connectivity index (χ3v) is 6.66. The highest BCUT2D eigenvalue weighted by atomic mass is 16.5. The molecule has 3 aromatic rings. The van der Waals surface area contributed by atoms with Crippen LogP contribution in [0.4, 0.5) is 0 Å². The van der Waals surface area contributed by atoms with Gasteiger partial charge in [-0.25, -0.2) is 0 Å². The molecule has 164 valence electrons. The van der Waals surface area contributed by atoms with Gasteiger partial charge in [0.15, 0.2) is 0 Å². The Morgan fingerprint density at radius 2 is 1.90 bits per heavy atom. The van der Waals surface area contributed by atoms with E-state index >= 15 is 0 Å². The third kappa shape index (κ3) is 4.38. The van der Waals surface area contributed by atoms with Crippen molar-refractivity contribution in [3.05, 3.63) is 65.1 Å². The minimum atomic E-state index is -0.350. The number of aryl methyl sites for hydroxylation is 1. The number of benzene rings is 1. The molecule has 0 spiro atoms. The summed E-state index contributed by atoms with van der Waals surface area (Å²) in [4.78, 5) is 19.4. The molecule has 31 heavy (non-hydrogen) atoms. The van der Waals surface area contributed by atoms with Gasteiger partial charge in [0.1, 0.15) is 6.10 Å². The SMILES string of the molecule is Cc1ccc2c(c1)c1c(n2CC(OC(=O)C(C)C(C)C)c2ccncc2)CCN(C)C1. The first-order valence-electron chi connectivity index (χ1n) is 11.2. The van der Waals surface area contributed by atoms with Gasteiger partial charge >= 0.3 is 5.97 Å². The average molecular weight is 420 g/mol. The fourth-order valence-corrected chi connectivity index (χ4v) is 4.38. The molecular formula is C26H33N3O2. The van der Waals surface area contributed by atoms with Gasteiger partial charge in [-0.3, -0.25) is 9.78 Å². The van der Waals surface area contributed by atoms with E-state index in [-0.39, 0.29) is 23.9 Å². The van der Waals surface area contributed by atoms with Crippen LogP contribution in [-0.2, 0) is 29.0 Å². The molecule has 2 aromatic heterocycles. The first kappa shape index (κ1) is 21.6. The maximum atomic E-state index is 12.9. The number of carbonyl (C=O) groups is 1. The van der Waals surface area contributed by atoms with Gasteiger partial charge in [0.2, 0.25) is 0 Å². The number of pyridine rings is 1. The van der Waals surface area contributed by atoms with Gasteiger partial charge in [-0.05, 0) is 55.3 Å². The molecule has 0 amide bonds. The number of aromatic nitrogens is 2. The van der Waals surface area contributed by atoms with Crippen LogP contribution in [0.2, 0.25) is 0 Å². The van der Waals surface area contributed by atoms with Crippen LogP contribution in [-0.4, -0.2) is 34.0 Å². The predicted octanol–water partition coefficient (Wildman–Crippen LogP) is 4.91. The second kappa shape index (κ2) is 8.83. The van der Waals surface area contributed by atoms with Crippen molar-refractivity contribution in [3.63, 3.8) is 0 Å². The number of likely N-dealkylation sites (N-methyl/N-ethyl adjacent to an activating group) is 1. The van der Waals surface area contributed by atoms with Crippen LogP contribution in [0.5, 0.6) is 0 Å². The van der Waals surface area contributed by atoms with E-state index in [9.17, 15) is 4.79 Å². The first-order valence-corrected chi connectivity index (χ1v) is 11.2. The summed E-state index contributed by atoms with van der Waals surface area (Å²) >= 11 is 0. The monoisotopic (exact) mass is 419 g/mol. The van der Waals surface area contributed by atoms with Crippen molar-refractivity contribution in [1.82, 2.24) is 14.5 Å². The van der Waals surface area contributed by atoms with Crippen LogP contribution in [0, 0.1) is 18.8 Å². The summed E-state index contributed by atoms with van der Waals surface area (Å²) in [5, 5.41) is 1.32. The molecule has 2 unspecified atom stereocenters. The number of carbonyl (C=O) groups excluding carboxylic acids is 1. The van der Waals surface area contributed by atoms with Crippen molar-refractivity contribution >= 4 is 16.9 Å². The number of esters is 1. The number of fused-ring (bicyclic) bond motifs is 3. The quantitative estimate of drug-likeness (QED) is 0.533.